The van der Waals surface area contributed by atoms with E-state index in [-0.39, 0.29) is 12.2 Å². The molecule has 0 radical (unpaired) electrons. The number of nitrogens with two attached hydrogens (primary N) is 1. The van der Waals surface area contributed by atoms with Crippen molar-refractivity contribution in [1.29, 1.82) is 0 Å². The minimum Gasteiger partial charge on any atom is -0.478 e. The quantitative estimate of drug-likeness (QED) is 0.687. The molecular weight excluding hydrogens is 304 g/mol. The predicted octanol–water partition coefficient (Wildman–Crippen LogP) is 1.33. The number of hydrogen-bond acceptors (Lipinski definition) is 4. The van der Waals surface area contributed by atoms with Crippen LogP contribution in [0.15, 0.2) is 22.7 Å². The van der Waals surface area contributed by atoms with Crippen molar-refractivity contribution in [3.8, 4) is 0 Å². The van der Waals surface area contributed by atoms with E-state index in [1.54, 1.807) is 12.1 Å². The molecule has 0 spiro atoms. The topological polar surface area (TPSA) is 102 Å². The van der Waals surface area contributed by atoms with Crippen molar-refractivity contribution in [2.45, 2.75) is 6.54 Å². The van der Waals surface area contributed by atoms with E-state index >= 15 is 0 Å². The molecule has 1 amide bonds. The number of ether oxygens (including phenoxy) is 1. The van der Waals surface area contributed by atoms with Gasteiger partial charge in [-0.2, -0.15) is 0 Å². The fraction of sp³-hybridized carbons (Fsp3) is 0.273. The number of primary amides is 1. The van der Waals surface area contributed by atoms with Crippen LogP contribution in [0, 0.1) is 0 Å². The first-order chi connectivity index (χ1) is 8.50. The molecule has 0 aliphatic carbocycles. The lowest BCUT2D eigenvalue weighted by atomic mass is 10.1. The average Bonchev–Trinajstić information content (AvgIpc) is 2.29. The van der Waals surface area contributed by atoms with Gasteiger partial charge in [0.2, 0.25) is 0 Å². The predicted molar refractivity (Wildman–Crippen MR) is 68.3 cm³/mol. The molecule has 0 bridgehead atoms. The number of hydrogen-bond donors (Lipinski definition) is 3. The first-order valence-electron chi connectivity index (χ1n) is 5.15. The molecule has 1 rings (SSSR count). The van der Waals surface area contributed by atoms with Crippen molar-refractivity contribution in [3.63, 3.8) is 0 Å². The monoisotopic (exact) mass is 316 g/mol. The lowest BCUT2D eigenvalue weighted by Gasteiger charge is -2.07. The maximum absolute atomic E-state index is 10.7. The van der Waals surface area contributed by atoms with Gasteiger partial charge in [-0.25, -0.2) is 9.59 Å². The second-order valence-corrected chi connectivity index (χ2v) is 4.31. The minimum absolute atomic E-state index is 0.195. The second kappa shape index (κ2) is 6.97. The lowest BCUT2D eigenvalue weighted by molar-refractivity contribution is 0.0696. The van der Waals surface area contributed by atoms with Crippen LogP contribution >= 0.6 is 15.9 Å². The van der Waals surface area contributed by atoms with Crippen LogP contribution in [-0.4, -0.2) is 30.3 Å². The molecule has 0 atom stereocenters. The zero-order valence-corrected chi connectivity index (χ0v) is 11.1. The van der Waals surface area contributed by atoms with E-state index in [0.717, 1.165) is 5.56 Å². The molecule has 6 nitrogen and oxygen atoms in total. The van der Waals surface area contributed by atoms with Crippen LogP contribution in [0.5, 0.6) is 0 Å². The normalized spacial score (nSPS) is 10.1. The SMILES string of the molecule is NC(=O)OCCNCc1ccc(C(=O)O)cc1Br. The molecule has 1 aromatic carbocycles. The third-order valence-electron chi connectivity index (χ3n) is 2.14. The Hall–Kier alpha value is -1.60. The maximum Gasteiger partial charge on any atom is 0.404 e. The minimum atomic E-state index is -0.968. The lowest BCUT2D eigenvalue weighted by Crippen LogP contribution is -2.23. The number of carbonyl (C=O) groups is 2. The summed E-state index contributed by atoms with van der Waals surface area (Å²) in [6, 6.07) is 4.79. The van der Waals surface area contributed by atoms with Gasteiger partial charge in [-0.3, -0.25) is 0 Å². The Labute approximate surface area is 112 Å². The van der Waals surface area contributed by atoms with Crippen molar-refractivity contribution in [3.05, 3.63) is 33.8 Å². The van der Waals surface area contributed by atoms with Crippen molar-refractivity contribution in [1.82, 2.24) is 5.32 Å². The average molecular weight is 317 g/mol. The molecule has 0 aliphatic rings. The van der Waals surface area contributed by atoms with E-state index < -0.39 is 12.1 Å². The number of rotatable bonds is 6. The Morgan fingerprint density at radius 1 is 1.44 bits per heavy atom. The molecule has 1 aromatic rings. The number of nitrogens with one attached hydrogen (secondary N) is 1. The van der Waals surface area contributed by atoms with E-state index in [1.165, 1.54) is 6.07 Å². The van der Waals surface area contributed by atoms with Gasteiger partial charge in [0.25, 0.3) is 0 Å². The number of carbonyl (C=O) groups excluding carboxylic acids is 1. The van der Waals surface area contributed by atoms with E-state index in [4.69, 9.17) is 10.8 Å². The molecule has 0 aromatic heterocycles. The van der Waals surface area contributed by atoms with Crippen LogP contribution in [0.2, 0.25) is 0 Å². The largest absolute Gasteiger partial charge is 0.478 e. The number of halogens is 1. The highest BCUT2D eigenvalue weighted by Crippen LogP contribution is 2.18. The first-order valence-corrected chi connectivity index (χ1v) is 5.94. The number of amides is 1. The van der Waals surface area contributed by atoms with Gasteiger partial charge >= 0.3 is 12.1 Å². The van der Waals surface area contributed by atoms with Gasteiger partial charge < -0.3 is 20.9 Å². The zero-order valence-electron chi connectivity index (χ0n) is 9.48. The van der Waals surface area contributed by atoms with Crippen LogP contribution < -0.4 is 11.1 Å². The molecular formula is C11H13BrN2O4. The fourth-order valence-corrected chi connectivity index (χ4v) is 1.79. The van der Waals surface area contributed by atoms with Gasteiger partial charge in [0, 0.05) is 17.6 Å². The summed E-state index contributed by atoms with van der Waals surface area (Å²) in [6.07, 6.45) is -0.802. The maximum atomic E-state index is 10.7. The summed E-state index contributed by atoms with van der Waals surface area (Å²) in [6.45, 7) is 1.19. The van der Waals surface area contributed by atoms with E-state index in [0.29, 0.717) is 17.6 Å². The van der Waals surface area contributed by atoms with Gasteiger partial charge in [-0.1, -0.05) is 22.0 Å². The summed E-state index contributed by atoms with van der Waals surface area (Å²) in [4.78, 5) is 21.0. The van der Waals surface area contributed by atoms with Gasteiger partial charge in [0.05, 0.1) is 5.56 Å². The molecule has 7 heteroatoms. The summed E-state index contributed by atoms with van der Waals surface area (Å²) in [5, 5.41) is 11.8. The Morgan fingerprint density at radius 2 is 2.17 bits per heavy atom. The highest BCUT2D eigenvalue weighted by Gasteiger charge is 2.06. The van der Waals surface area contributed by atoms with Gasteiger partial charge in [-0.05, 0) is 17.7 Å². The highest BCUT2D eigenvalue weighted by molar-refractivity contribution is 9.10. The van der Waals surface area contributed by atoms with Crippen molar-refractivity contribution in [2.24, 2.45) is 5.73 Å². The molecule has 18 heavy (non-hydrogen) atoms. The van der Waals surface area contributed by atoms with Crippen LogP contribution in [-0.2, 0) is 11.3 Å². The third-order valence-corrected chi connectivity index (χ3v) is 2.88. The highest BCUT2D eigenvalue weighted by atomic mass is 79.9. The van der Waals surface area contributed by atoms with Crippen molar-refractivity contribution >= 4 is 28.0 Å². The smallest absolute Gasteiger partial charge is 0.404 e. The molecule has 0 saturated carbocycles. The Bertz CT molecular complexity index is 451. The number of benzene rings is 1. The van der Waals surface area contributed by atoms with E-state index in [9.17, 15) is 9.59 Å². The molecule has 0 unspecified atom stereocenters. The Kier molecular flexibility index (Phi) is 5.60. The number of carboxylic acids is 1. The van der Waals surface area contributed by atoms with Gasteiger partial charge in [0.1, 0.15) is 6.61 Å². The van der Waals surface area contributed by atoms with Gasteiger partial charge in [0.15, 0.2) is 0 Å². The third kappa shape index (κ3) is 4.72. The summed E-state index contributed by atoms with van der Waals surface area (Å²) >= 11 is 3.30. The Balaban J connectivity index is 2.43. The Morgan fingerprint density at radius 3 is 2.72 bits per heavy atom. The second-order valence-electron chi connectivity index (χ2n) is 3.46. The van der Waals surface area contributed by atoms with E-state index in [1.807, 2.05) is 0 Å². The van der Waals surface area contributed by atoms with Crippen LogP contribution in [0.1, 0.15) is 15.9 Å². The summed E-state index contributed by atoms with van der Waals surface area (Å²) in [7, 11) is 0. The van der Waals surface area contributed by atoms with Crippen LogP contribution in [0.25, 0.3) is 0 Å². The fourth-order valence-electron chi connectivity index (χ4n) is 1.27. The van der Waals surface area contributed by atoms with E-state index in [2.05, 4.69) is 26.0 Å². The molecule has 0 fully saturated rings. The molecule has 0 aliphatic heterocycles. The first kappa shape index (κ1) is 14.5. The molecule has 98 valence electrons. The summed E-state index contributed by atoms with van der Waals surface area (Å²) < 4.78 is 5.26. The number of aromatic carboxylic acids is 1. The van der Waals surface area contributed by atoms with Gasteiger partial charge in [-0.15, -0.1) is 0 Å². The summed E-state index contributed by atoms with van der Waals surface area (Å²) in [5.74, 6) is -0.968. The summed E-state index contributed by atoms with van der Waals surface area (Å²) in [5.41, 5.74) is 5.94. The number of carboxylic acid groups (broad SMARTS) is 1. The van der Waals surface area contributed by atoms with Crippen molar-refractivity contribution in [2.75, 3.05) is 13.2 Å². The zero-order chi connectivity index (χ0) is 13.5. The standard InChI is InChI=1S/C11H13BrN2O4/c12-9-5-7(10(15)16)1-2-8(9)6-14-3-4-18-11(13)17/h1-2,5,14H,3-4,6H2,(H2,13,17)(H,15,16). The molecule has 0 heterocycles. The molecule has 0 saturated heterocycles. The van der Waals surface area contributed by atoms with Crippen LogP contribution in [0.3, 0.4) is 0 Å². The van der Waals surface area contributed by atoms with Crippen LogP contribution in [0.4, 0.5) is 4.79 Å². The molecule has 4 N–H and O–H groups in total. The van der Waals surface area contributed by atoms with Crippen molar-refractivity contribution < 1.29 is 19.4 Å².